The van der Waals surface area contributed by atoms with Gasteiger partial charge in [0.15, 0.2) is 5.82 Å². The van der Waals surface area contributed by atoms with Crippen LogP contribution < -0.4 is 10.2 Å². The maximum absolute atomic E-state index is 13.4. The van der Waals surface area contributed by atoms with Crippen molar-refractivity contribution in [3.63, 3.8) is 0 Å². The van der Waals surface area contributed by atoms with Gasteiger partial charge < -0.3 is 10.2 Å². The van der Waals surface area contributed by atoms with Crippen molar-refractivity contribution in [3.05, 3.63) is 58.5 Å². The second-order valence-electron chi connectivity index (χ2n) is 8.96. The van der Waals surface area contributed by atoms with Crippen molar-refractivity contribution in [2.75, 3.05) is 18.0 Å². The molecule has 3 heterocycles. The Balaban J connectivity index is 1.25. The number of nitrogens with zero attached hydrogens (tertiary/aromatic N) is 5. The molecule has 2 aliphatic rings. The van der Waals surface area contributed by atoms with Crippen molar-refractivity contribution in [2.24, 2.45) is 7.05 Å². The summed E-state index contributed by atoms with van der Waals surface area (Å²) in [6.45, 7) is 1.55. The van der Waals surface area contributed by atoms with Crippen LogP contribution in [0.2, 0.25) is 0 Å². The van der Waals surface area contributed by atoms with Crippen LogP contribution in [0, 0.1) is 5.82 Å². The topological polar surface area (TPSA) is 58.9 Å². The smallest absolute Gasteiger partial charge is 0.355 e. The average Bonchev–Trinajstić information content (AvgIpc) is 3.47. The lowest BCUT2D eigenvalue weighted by molar-refractivity contribution is -0.138. The van der Waals surface area contributed by atoms with E-state index in [4.69, 9.17) is 0 Å². The van der Waals surface area contributed by atoms with E-state index >= 15 is 0 Å². The molecule has 3 aromatic rings. The Kier molecular flexibility index (Phi) is 6.01. The Morgan fingerprint density at radius 1 is 1.06 bits per heavy atom. The highest BCUT2D eigenvalue weighted by Crippen LogP contribution is 2.36. The van der Waals surface area contributed by atoms with Gasteiger partial charge in [-0.25, -0.2) is 4.39 Å². The molecule has 10 heteroatoms. The molecule has 1 saturated heterocycles. The zero-order valence-electron chi connectivity index (χ0n) is 18.9. The minimum Gasteiger partial charge on any atom is -0.355 e. The molecule has 1 fully saturated rings. The summed E-state index contributed by atoms with van der Waals surface area (Å²) >= 11 is 0. The molecule has 1 N–H and O–H groups in total. The predicted molar refractivity (Wildman–Crippen MR) is 120 cm³/mol. The minimum atomic E-state index is -4.58. The number of halogens is 4. The van der Waals surface area contributed by atoms with Crippen LogP contribution in [0.5, 0.6) is 0 Å². The van der Waals surface area contributed by atoms with Gasteiger partial charge in [0.2, 0.25) is 0 Å². The molecule has 0 radical (unpaired) electrons. The summed E-state index contributed by atoms with van der Waals surface area (Å²) in [7, 11) is 1.90. The van der Waals surface area contributed by atoms with Crippen LogP contribution in [0.15, 0.2) is 30.5 Å². The number of aromatic nitrogens is 4. The second-order valence-corrected chi connectivity index (χ2v) is 8.96. The van der Waals surface area contributed by atoms with Crippen molar-refractivity contribution in [1.82, 2.24) is 25.3 Å². The molecule has 180 valence electrons. The van der Waals surface area contributed by atoms with Gasteiger partial charge in [0.25, 0.3) is 0 Å². The monoisotopic (exact) mass is 474 g/mol. The largest absolute Gasteiger partial charge is 0.416 e. The molecule has 0 saturated carbocycles. The Hall–Kier alpha value is -3.01. The second kappa shape index (κ2) is 8.98. The number of anilines is 1. The fourth-order valence-electron chi connectivity index (χ4n) is 5.05. The van der Waals surface area contributed by atoms with Gasteiger partial charge in [-0.2, -0.15) is 18.3 Å². The van der Waals surface area contributed by atoms with Crippen LogP contribution in [0.25, 0.3) is 11.4 Å². The highest BCUT2D eigenvalue weighted by Gasteiger charge is 2.34. The molecule has 2 aromatic heterocycles. The van der Waals surface area contributed by atoms with E-state index in [9.17, 15) is 17.6 Å². The van der Waals surface area contributed by atoms with Crippen LogP contribution in [0.1, 0.15) is 41.5 Å². The summed E-state index contributed by atoms with van der Waals surface area (Å²) in [6.07, 6.45) is 1.74. The molecule has 0 unspecified atom stereocenters. The highest BCUT2D eigenvalue weighted by atomic mass is 19.4. The maximum Gasteiger partial charge on any atom is 0.416 e. The van der Waals surface area contributed by atoms with E-state index in [0.717, 1.165) is 68.5 Å². The van der Waals surface area contributed by atoms with Crippen LogP contribution in [0.3, 0.4) is 0 Å². The molecule has 0 bridgehead atoms. The Labute approximate surface area is 195 Å². The zero-order chi connectivity index (χ0) is 23.9. The number of piperidine rings is 1. The van der Waals surface area contributed by atoms with Gasteiger partial charge in [-0.15, -0.1) is 10.2 Å². The Morgan fingerprint density at radius 2 is 1.82 bits per heavy atom. The molecule has 34 heavy (non-hydrogen) atoms. The number of hydrogen-bond acceptors (Lipinski definition) is 5. The summed E-state index contributed by atoms with van der Waals surface area (Å²) in [5.41, 5.74) is 3.48. The number of aryl methyl sites for hydroxylation is 1. The van der Waals surface area contributed by atoms with Crippen LogP contribution >= 0.6 is 0 Å². The normalized spacial score (nSPS) is 16.8. The maximum atomic E-state index is 13.4. The number of benzene rings is 1. The van der Waals surface area contributed by atoms with Gasteiger partial charge >= 0.3 is 6.18 Å². The lowest BCUT2D eigenvalue weighted by atomic mass is 10.0. The molecular formula is C24H26F4N6. The predicted octanol–water partition coefficient (Wildman–Crippen LogP) is 4.28. The van der Waals surface area contributed by atoms with Gasteiger partial charge in [0.05, 0.1) is 11.3 Å². The van der Waals surface area contributed by atoms with E-state index in [2.05, 4.69) is 25.5 Å². The van der Waals surface area contributed by atoms with Gasteiger partial charge in [0.1, 0.15) is 11.5 Å². The molecule has 5 rings (SSSR count). The lowest BCUT2D eigenvalue weighted by Gasteiger charge is -2.34. The number of hydrogen-bond donors (Lipinski definition) is 1. The number of rotatable bonds is 5. The molecule has 0 amide bonds. The molecular weight excluding hydrogens is 448 g/mol. The minimum absolute atomic E-state index is 0.0500. The van der Waals surface area contributed by atoms with Gasteiger partial charge in [-0.05, 0) is 61.4 Å². The molecule has 0 spiro atoms. The van der Waals surface area contributed by atoms with Gasteiger partial charge in [-0.1, -0.05) is 6.07 Å². The fraction of sp³-hybridized carbons (Fsp3) is 0.458. The third-order valence-electron chi connectivity index (χ3n) is 6.83. The summed E-state index contributed by atoms with van der Waals surface area (Å²) in [4.78, 5) is 2.24. The third-order valence-corrected chi connectivity index (χ3v) is 6.83. The average molecular weight is 475 g/mol. The zero-order valence-corrected chi connectivity index (χ0v) is 18.9. The number of alkyl halides is 3. The SMILES string of the molecule is Cn1nccc1-c1nnc(N2CCC(NCc3ccc(F)cc3C(F)(F)F)CC2)c2c1CCC2. The Bertz CT molecular complexity index is 1180. The first kappa shape index (κ1) is 22.8. The van der Waals surface area contributed by atoms with Gasteiger partial charge in [-0.3, -0.25) is 4.68 Å². The lowest BCUT2D eigenvalue weighted by Crippen LogP contribution is -2.43. The first-order valence-electron chi connectivity index (χ1n) is 11.5. The number of nitrogens with one attached hydrogen (secondary N) is 1. The van der Waals surface area contributed by atoms with Crippen molar-refractivity contribution < 1.29 is 17.6 Å². The molecule has 0 atom stereocenters. The first-order valence-corrected chi connectivity index (χ1v) is 11.5. The Morgan fingerprint density at radius 3 is 2.53 bits per heavy atom. The van der Waals surface area contributed by atoms with Crippen molar-refractivity contribution >= 4 is 5.82 Å². The molecule has 6 nitrogen and oxygen atoms in total. The van der Waals surface area contributed by atoms with E-state index < -0.39 is 17.6 Å². The van der Waals surface area contributed by atoms with E-state index in [1.54, 1.807) is 6.20 Å². The van der Waals surface area contributed by atoms with Crippen molar-refractivity contribution in [2.45, 2.75) is 50.9 Å². The molecule has 1 aliphatic heterocycles. The van der Waals surface area contributed by atoms with Crippen LogP contribution in [-0.4, -0.2) is 39.1 Å². The van der Waals surface area contributed by atoms with E-state index in [0.29, 0.717) is 6.07 Å². The van der Waals surface area contributed by atoms with Crippen molar-refractivity contribution in [1.29, 1.82) is 0 Å². The van der Waals surface area contributed by atoms with E-state index in [-0.39, 0.29) is 18.2 Å². The number of fused-ring (bicyclic) bond motifs is 1. The van der Waals surface area contributed by atoms with E-state index in [1.807, 2.05) is 17.8 Å². The third kappa shape index (κ3) is 4.38. The van der Waals surface area contributed by atoms with Gasteiger partial charge in [0, 0.05) is 44.5 Å². The summed E-state index contributed by atoms with van der Waals surface area (Å²) < 4.78 is 55.0. The van der Waals surface area contributed by atoms with E-state index in [1.165, 1.54) is 17.2 Å². The standard InChI is InChI=1S/C24H26F4N6/c1-33-21(7-10-30-33)22-18-3-2-4-19(18)23(32-31-22)34-11-8-17(9-12-34)29-14-15-5-6-16(25)13-20(15)24(26,27)28/h5-7,10,13,17,29H,2-4,8-9,11-12,14H2,1H3. The first-order chi connectivity index (χ1) is 16.3. The summed E-state index contributed by atoms with van der Waals surface area (Å²) in [5, 5.41) is 16.6. The molecule has 1 aromatic carbocycles. The summed E-state index contributed by atoms with van der Waals surface area (Å²) in [6, 6.07) is 4.88. The van der Waals surface area contributed by atoms with Crippen LogP contribution in [-0.2, 0) is 32.6 Å². The quantitative estimate of drug-likeness (QED) is 0.560. The molecule has 1 aliphatic carbocycles. The fourth-order valence-corrected chi connectivity index (χ4v) is 5.05. The highest BCUT2D eigenvalue weighted by molar-refractivity contribution is 5.66. The summed E-state index contributed by atoms with van der Waals surface area (Å²) in [5.74, 6) is 0.0437. The van der Waals surface area contributed by atoms with Crippen molar-refractivity contribution in [3.8, 4) is 11.4 Å². The van der Waals surface area contributed by atoms with Crippen LogP contribution in [0.4, 0.5) is 23.4 Å².